The van der Waals surface area contributed by atoms with Crippen molar-refractivity contribution in [2.24, 2.45) is 0 Å². The number of nitrogens with one attached hydrogen (secondary N) is 1. The first-order chi connectivity index (χ1) is 12.6. The maximum atomic E-state index is 15.4. The third kappa shape index (κ3) is 3.36. The van der Waals surface area contributed by atoms with Crippen LogP contribution in [0, 0.1) is 0 Å². The minimum atomic E-state index is -1.80. The number of benzene rings is 1. The van der Waals surface area contributed by atoms with E-state index in [9.17, 15) is 4.79 Å². The van der Waals surface area contributed by atoms with Gasteiger partial charge in [-0.1, -0.05) is 11.2 Å². The Morgan fingerprint density at radius 1 is 1.46 bits per heavy atom. The molecule has 8 heteroatoms. The molecule has 1 N–H and O–H groups in total. The maximum Gasteiger partial charge on any atom is 0.321 e. The zero-order chi connectivity index (χ0) is 18.1. The number of anilines is 1. The van der Waals surface area contributed by atoms with Crippen LogP contribution >= 0.6 is 0 Å². The van der Waals surface area contributed by atoms with Crippen molar-refractivity contribution in [3.63, 3.8) is 0 Å². The monoisotopic (exact) mass is 360 g/mol. The number of rotatable bonds is 4. The average Bonchev–Trinajstić information content (AvgIpc) is 3.38. The SMILES string of the molecule is COc1cccc(NC(=O)N2CCCC(F)(c3nc(C4CC4)no3)C2)c1. The summed E-state index contributed by atoms with van der Waals surface area (Å²) in [7, 11) is 1.56. The molecule has 138 valence electrons. The number of halogens is 1. The minimum absolute atomic E-state index is 0.0155. The molecule has 2 fully saturated rings. The van der Waals surface area contributed by atoms with Gasteiger partial charge in [0.05, 0.1) is 13.7 Å². The smallest absolute Gasteiger partial charge is 0.321 e. The van der Waals surface area contributed by atoms with E-state index < -0.39 is 5.67 Å². The summed E-state index contributed by atoms with van der Waals surface area (Å²) in [4.78, 5) is 18.2. The molecule has 4 rings (SSSR count). The van der Waals surface area contributed by atoms with E-state index in [0.717, 1.165) is 12.8 Å². The van der Waals surface area contributed by atoms with Crippen LogP contribution < -0.4 is 10.1 Å². The number of likely N-dealkylation sites (tertiary alicyclic amines) is 1. The number of carbonyl (C=O) groups is 1. The molecule has 2 aliphatic rings. The van der Waals surface area contributed by atoms with Gasteiger partial charge >= 0.3 is 6.03 Å². The lowest BCUT2D eigenvalue weighted by Crippen LogP contribution is -2.48. The van der Waals surface area contributed by atoms with Crippen molar-refractivity contribution in [3.8, 4) is 5.75 Å². The fourth-order valence-corrected chi connectivity index (χ4v) is 3.19. The number of ether oxygens (including phenoxy) is 1. The van der Waals surface area contributed by atoms with E-state index in [-0.39, 0.29) is 24.9 Å². The summed E-state index contributed by atoms with van der Waals surface area (Å²) in [6, 6.07) is 6.68. The second kappa shape index (κ2) is 6.59. The predicted octanol–water partition coefficient (Wildman–Crippen LogP) is 3.45. The number of urea groups is 1. The van der Waals surface area contributed by atoms with Crippen molar-refractivity contribution < 1.29 is 18.4 Å². The van der Waals surface area contributed by atoms with Crippen LogP contribution in [-0.4, -0.2) is 41.3 Å². The van der Waals surface area contributed by atoms with Gasteiger partial charge in [-0.3, -0.25) is 0 Å². The summed E-state index contributed by atoms with van der Waals surface area (Å²) in [6.45, 7) is 0.375. The molecule has 1 unspecified atom stereocenters. The van der Waals surface area contributed by atoms with E-state index in [1.165, 1.54) is 4.90 Å². The number of hydrogen-bond acceptors (Lipinski definition) is 5. The number of methoxy groups -OCH3 is 1. The summed E-state index contributed by atoms with van der Waals surface area (Å²) in [5, 5.41) is 6.68. The van der Waals surface area contributed by atoms with Gasteiger partial charge < -0.3 is 19.5 Å². The van der Waals surface area contributed by atoms with Gasteiger partial charge in [0.15, 0.2) is 5.82 Å². The molecule has 2 amide bonds. The van der Waals surface area contributed by atoms with Gasteiger partial charge in [-0.2, -0.15) is 4.98 Å². The molecule has 0 radical (unpaired) electrons. The second-order valence-electron chi connectivity index (χ2n) is 6.88. The highest BCUT2D eigenvalue weighted by atomic mass is 19.1. The van der Waals surface area contributed by atoms with Crippen molar-refractivity contribution >= 4 is 11.7 Å². The van der Waals surface area contributed by atoms with Gasteiger partial charge in [-0.05, 0) is 37.8 Å². The van der Waals surface area contributed by atoms with E-state index in [1.54, 1.807) is 31.4 Å². The second-order valence-corrected chi connectivity index (χ2v) is 6.88. The van der Waals surface area contributed by atoms with Crippen LogP contribution in [0.1, 0.15) is 43.3 Å². The molecule has 1 saturated heterocycles. The molecule has 1 aromatic carbocycles. The van der Waals surface area contributed by atoms with E-state index >= 15 is 4.39 Å². The number of alkyl halides is 1. The van der Waals surface area contributed by atoms with Crippen LogP contribution in [0.15, 0.2) is 28.8 Å². The van der Waals surface area contributed by atoms with Crippen molar-refractivity contribution in [1.29, 1.82) is 0 Å². The van der Waals surface area contributed by atoms with Crippen LogP contribution in [0.3, 0.4) is 0 Å². The summed E-state index contributed by atoms with van der Waals surface area (Å²) in [5.74, 6) is 1.50. The Bertz CT molecular complexity index is 807. The standard InChI is InChI=1S/C18H21FN4O3/c1-25-14-5-2-4-13(10-14)20-17(24)23-9-3-8-18(19,11-23)16-21-15(22-26-16)12-6-7-12/h2,4-5,10,12H,3,6-9,11H2,1H3,(H,20,24). The number of piperidine rings is 1. The summed E-state index contributed by atoms with van der Waals surface area (Å²) in [6.07, 6.45) is 2.84. The highest BCUT2D eigenvalue weighted by Gasteiger charge is 2.44. The normalized spacial score (nSPS) is 22.9. The lowest BCUT2D eigenvalue weighted by atomic mass is 9.94. The molecule has 1 aromatic heterocycles. The van der Waals surface area contributed by atoms with Crippen molar-refractivity contribution in [3.05, 3.63) is 36.0 Å². The third-order valence-corrected chi connectivity index (χ3v) is 4.82. The minimum Gasteiger partial charge on any atom is -0.497 e. The number of carbonyl (C=O) groups excluding carboxylic acids is 1. The molecule has 0 spiro atoms. The zero-order valence-corrected chi connectivity index (χ0v) is 14.6. The lowest BCUT2D eigenvalue weighted by Gasteiger charge is -2.35. The molecule has 7 nitrogen and oxygen atoms in total. The quantitative estimate of drug-likeness (QED) is 0.903. The fourth-order valence-electron chi connectivity index (χ4n) is 3.19. The Morgan fingerprint density at radius 2 is 2.31 bits per heavy atom. The molecule has 26 heavy (non-hydrogen) atoms. The lowest BCUT2D eigenvalue weighted by molar-refractivity contribution is 0.0333. The van der Waals surface area contributed by atoms with Crippen LogP contribution in [0.5, 0.6) is 5.75 Å². The van der Waals surface area contributed by atoms with Crippen LogP contribution in [-0.2, 0) is 5.67 Å². The summed E-state index contributed by atoms with van der Waals surface area (Å²) in [5.41, 5.74) is -1.21. The van der Waals surface area contributed by atoms with E-state index in [2.05, 4.69) is 15.5 Å². The predicted molar refractivity (Wildman–Crippen MR) is 91.9 cm³/mol. The molecular formula is C18H21FN4O3. The van der Waals surface area contributed by atoms with Gasteiger partial charge in [-0.15, -0.1) is 0 Å². The number of amides is 2. The van der Waals surface area contributed by atoms with Crippen LogP contribution in [0.2, 0.25) is 0 Å². The fraction of sp³-hybridized carbons (Fsp3) is 0.500. The third-order valence-electron chi connectivity index (χ3n) is 4.82. The molecule has 0 bridgehead atoms. The zero-order valence-electron chi connectivity index (χ0n) is 14.6. The first-order valence-electron chi connectivity index (χ1n) is 8.80. The van der Waals surface area contributed by atoms with Crippen LogP contribution in [0.25, 0.3) is 0 Å². The number of hydrogen-bond donors (Lipinski definition) is 1. The first-order valence-corrected chi connectivity index (χ1v) is 8.80. The molecule has 1 atom stereocenters. The van der Waals surface area contributed by atoms with Gasteiger partial charge in [0.1, 0.15) is 5.75 Å². The molecule has 1 aliphatic carbocycles. The van der Waals surface area contributed by atoms with Crippen molar-refractivity contribution in [2.45, 2.75) is 37.3 Å². The van der Waals surface area contributed by atoms with Gasteiger partial charge in [0.25, 0.3) is 5.89 Å². The van der Waals surface area contributed by atoms with Crippen molar-refractivity contribution in [1.82, 2.24) is 15.0 Å². The Balaban J connectivity index is 1.45. The summed E-state index contributed by atoms with van der Waals surface area (Å²) < 4.78 is 25.8. The molecular weight excluding hydrogens is 339 g/mol. The highest BCUT2D eigenvalue weighted by Crippen LogP contribution is 2.41. The molecule has 2 aromatic rings. The number of nitrogens with zero attached hydrogens (tertiary/aromatic N) is 3. The van der Waals surface area contributed by atoms with E-state index in [1.807, 2.05) is 0 Å². The highest BCUT2D eigenvalue weighted by molar-refractivity contribution is 5.89. The van der Waals surface area contributed by atoms with Gasteiger partial charge in [0.2, 0.25) is 5.67 Å². The molecule has 1 saturated carbocycles. The molecule has 2 heterocycles. The van der Waals surface area contributed by atoms with E-state index in [4.69, 9.17) is 9.26 Å². The average molecular weight is 360 g/mol. The summed E-state index contributed by atoms with van der Waals surface area (Å²) >= 11 is 0. The van der Waals surface area contributed by atoms with Crippen LogP contribution in [0.4, 0.5) is 14.9 Å². The first kappa shape index (κ1) is 16.8. The van der Waals surface area contributed by atoms with Crippen molar-refractivity contribution in [2.75, 3.05) is 25.5 Å². The Labute approximate surface area is 150 Å². The Hall–Kier alpha value is -2.64. The number of aromatic nitrogens is 2. The van der Waals surface area contributed by atoms with Gasteiger partial charge in [-0.25, -0.2) is 9.18 Å². The van der Waals surface area contributed by atoms with E-state index in [0.29, 0.717) is 36.1 Å². The largest absolute Gasteiger partial charge is 0.497 e. The topological polar surface area (TPSA) is 80.5 Å². The molecule has 1 aliphatic heterocycles. The Kier molecular flexibility index (Phi) is 4.26. The Morgan fingerprint density at radius 3 is 3.08 bits per heavy atom. The van der Waals surface area contributed by atoms with Gasteiger partial charge in [0, 0.05) is 24.2 Å². The maximum absolute atomic E-state index is 15.4.